The third-order valence-electron chi connectivity index (χ3n) is 5.67. The van der Waals surface area contributed by atoms with E-state index in [0.717, 1.165) is 0 Å². The third kappa shape index (κ3) is 4.51. The van der Waals surface area contributed by atoms with Crippen molar-refractivity contribution in [1.82, 2.24) is 15.2 Å². The zero-order chi connectivity index (χ0) is 22.8. The zero-order valence-corrected chi connectivity index (χ0v) is 17.5. The number of cyclic esters (lactones) is 1. The first kappa shape index (κ1) is 21.6. The number of amides is 2. The van der Waals surface area contributed by atoms with Gasteiger partial charge in [0.25, 0.3) is 11.9 Å². The summed E-state index contributed by atoms with van der Waals surface area (Å²) >= 11 is 0. The molecule has 3 N–H and O–H groups in total. The van der Waals surface area contributed by atoms with Gasteiger partial charge in [0, 0.05) is 39.5 Å². The van der Waals surface area contributed by atoms with E-state index in [1.165, 1.54) is 19.3 Å². The summed E-state index contributed by atoms with van der Waals surface area (Å²) in [5.41, 5.74) is 6.51. The largest absolute Gasteiger partial charge is 0.460 e. The van der Waals surface area contributed by atoms with Crippen LogP contribution in [0.4, 0.5) is 16.1 Å². The van der Waals surface area contributed by atoms with E-state index in [0.29, 0.717) is 43.9 Å². The zero-order valence-electron chi connectivity index (χ0n) is 17.5. The summed E-state index contributed by atoms with van der Waals surface area (Å²) in [5, 5.41) is 2.63. The maximum absolute atomic E-state index is 14.9. The van der Waals surface area contributed by atoms with Gasteiger partial charge in [-0.25, -0.2) is 4.39 Å². The van der Waals surface area contributed by atoms with Crippen LogP contribution in [0.1, 0.15) is 35.3 Å². The first-order valence-corrected chi connectivity index (χ1v) is 10.3. The first-order chi connectivity index (χ1) is 15.3. The van der Waals surface area contributed by atoms with Gasteiger partial charge in [0.2, 0.25) is 5.91 Å². The molecular weight excluding hydrogens is 421 g/mol. The van der Waals surface area contributed by atoms with Crippen LogP contribution in [0.5, 0.6) is 0 Å². The van der Waals surface area contributed by atoms with Crippen LogP contribution in [0.25, 0.3) is 0 Å². The lowest BCUT2D eigenvalue weighted by Gasteiger charge is -2.36. The lowest BCUT2D eigenvalue weighted by atomic mass is 9.95. The molecule has 4 rings (SSSR count). The Morgan fingerprint density at radius 3 is 2.66 bits per heavy atom. The van der Waals surface area contributed by atoms with E-state index in [4.69, 9.17) is 14.9 Å². The summed E-state index contributed by atoms with van der Waals surface area (Å²) in [6, 6.07) is 4.66. The first-order valence-electron chi connectivity index (χ1n) is 10.3. The van der Waals surface area contributed by atoms with Crippen LogP contribution in [-0.2, 0) is 14.3 Å². The van der Waals surface area contributed by atoms with Crippen LogP contribution in [-0.4, -0.2) is 66.5 Å². The number of anilines is 2. The highest BCUT2D eigenvalue weighted by molar-refractivity contribution is 5.92. The highest BCUT2D eigenvalue weighted by atomic mass is 19.1. The van der Waals surface area contributed by atoms with Crippen molar-refractivity contribution in [2.24, 2.45) is 0 Å². The smallest absolute Gasteiger partial charge is 0.313 e. The maximum atomic E-state index is 14.9. The van der Waals surface area contributed by atoms with Crippen LogP contribution >= 0.6 is 0 Å². The van der Waals surface area contributed by atoms with Crippen molar-refractivity contribution in [3.8, 4) is 0 Å². The summed E-state index contributed by atoms with van der Waals surface area (Å²) in [7, 11) is 0. The molecule has 2 aliphatic rings. The van der Waals surface area contributed by atoms with E-state index in [1.807, 2.05) is 4.90 Å². The van der Waals surface area contributed by atoms with Crippen molar-refractivity contribution >= 4 is 29.5 Å². The molecule has 0 aliphatic carbocycles. The van der Waals surface area contributed by atoms with E-state index in [9.17, 15) is 18.8 Å². The number of nitrogens with one attached hydrogen (secondary N) is 1. The van der Waals surface area contributed by atoms with Crippen LogP contribution in [0, 0.1) is 5.82 Å². The van der Waals surface area contributed by atoms with Crippen LogP contribution < -0.4 is 16.0 Å². The fraction of sp³-hybridized carbons (Fsp3) is 0.429. The van der Waals surface area contributed by atoms with Crippen molar-refractivity contribution in [2.45, 2.75) is 25.4 Å². The summed E-state index contributed by atoms with van der Waals surface area (Å²) in [4.78, 5) is 43.0. The number of benzene rings is 1. The van der Waals surface area contributed by atoms with Gasteiger partial charge in [-0.05, 0) is 17.7 Å². The second-order valence-electron chi connectivity index (χ2n) is 7.85. The Kier molecular flexibility index (Phi) is 5.97. The number of carbonyl (C=O) groups is 3. The number of nitrogens with two attached hydrogens (primary N) is 1. The summed E-state index contributed by atoms with van der Waals surface area (Å²) in [6.07, 6.45) is 1.17. The number of piperazine rings is 1. The molecule has 2 aromatic rings. The van der Waals surface area contributed by atoms with Crippen LogP contribution in [0.2, 0.25) is 0 Å². The van der Waals surface area contributed by atoms with Gasteiger partial charge < -0.3 is 30.0 Å². The number of carbonyl (C=O) groups excluding carboxylic acids is 3. The van der Waals surface area contributed by atoms with Gasteiger partial charge in [0.05, 0.1) is 18.2 Å². The monoisotopic (exact) mass is 445 g/mol. The van der Waals surface area contributed by atoms with Gasteiger partial charge in [-0.1, -0.05) is 6.07 Å². The van der Waals surface area contributed by atoms with Crippen molar-refractivity contribution in [1.29, 1.82) is 0 Å². The predicted molar refractivity (Wildman–Crippen MR) is 111 cm³/mol. The second-order valence-corrected chi connectivity index (χ2v) is 7.85. The highest BCUT2D eigenvalue weighted by Gasteiger charge is 2.36. The number of aromatic nitrogens is 1. The summed E-state index contributed by atoms with van der Waals surface area (Å²) < 4.78 is 25.1. The molecule has 10 nitrogen and oxygen atoms in total. The number of rotatable bonds is 5. The molecule has 1 aromatic carbocycles. The van der Waals surface area contributed by atoms with E-state index in [-0.39, 0.29) is 30.1 Å². The molecular formula is C21H24FN5O5. The number of hydrogen-bond acceptors (Lipinski definition) is 8. The third-order valence-corrected chi connectivity index (χ3v) is 5.67. The van der Waals surface area contributed by atoms with E-state index in [2.05, 4.69) is 10.3 Å². The topological polar surface area (TPSA) is 131 Å². The Bertz CT molecular complexity index is 1030. The van der Waals surface area contributed by atoms with Gasteiger partial charge in [-0.2, -0.15) is 4.98 Å². The van der Waals surface area contributed by atoms with Gasteiger partial charge in [-0.3, -0.25) is 14.4 Å². The Morgan fingerprint density at radius 1 is 1.28 bits per heavy atom. The average Bonchev–Trinajstić information content (AvgIpc) is 3.37. The molecule has 0 saturated carbocycles. The van der Waals surface area contributed by atoms with Gasteiger partial charge in [0.15, 0.2) is 5.69 Å². The van der Waals surface area contributed by atoms with Crippen molar-refractivity contribution in [3.05, 3.63) is 41.5 Å². The molecule has 1 aromatic heterocycles. The Labute approximate surface area is 183 Å². The Hall–Kier alpha value is -3.63. The standard InChI is InChI=1S/C21H24FN5O5/c1-12(28)24-10-14-9-15(20(30)32-14)13-2-3-18(16(22)8-13)26-4-6-27(7-5-26)19(29)17-11-31-21(23)25-17/h2-3,8,11,14-15H,4-7,9-10H2,1H3,(H2,23,25)(H,24,28). The van der Waals surface area contributed by atoms with Gasteiger partial charge >= 0.3 is 5.97 Å². The van der Waals surface area contributed by atoms with Gasteiger partial charge in [-0.15, -0.1) is 0 Å². The van der Waals surface area contributed by atoms with Gasteiger partial charge in [0.1, 0.15) is 18.2 Å². The minimum Gasteiger partial charge on any atom is -0.460 e. The summed E-state index contributed by atoms with van der Waals surface area (Å²) in [6.45, 7) is 3.31. The van der Waals surface area contributed by atoms with Crippen molar-refractivity contribution < 1.29 is 27.9 Å². The molecule has 0 spiro atoms. The van der Waals surface area contributed by atoms with Crippen molar-refractivity contribution in [2.75, 3.05) is 43.4 Å². The molecule has 170 valence electrons. The lowest BCUT2D eigenvalue weighted by molar-refractivity contribution is -0.142. The molecule has 32 heavy (non-hydrogen) atoms. The molecule has 2 amide bonds. The number of nitrogens with zero attached hydrogens (tertiary/aromatic N) is 3. The SMILES string of the molecule is CC(=O)NCC1CC(c2ccc(N3CCN(C(=O)c4coc(N)n4)CC3)c(F)c2)C(=O)O1. The number of esters is 1. The lowest BCUT2D eigenvalue weighted by Crippen LogP contribution is -2.49. The molecule has 2 saturated heterocycles. The molecule has 2 unspecified atom stereocenters. The number of halogens is 1. The normalized spacial score (nSPS) is 20.9. The quantitative estimate of drug-likeness (QED) is 0.649. The molecule has 3 heterocycles. The fourth-order valence-electron chi connectivity index (χ4n) is 4.00. The predicted octanol–water partition coefficient (Wildman–Crippen LogP) is 0.893. The minimum absolute atomic E-state index is 0.0678. The number of oxazole rings is 1. The minimum atomic E-state index is -0.568. The van der Waals surface area contributed by atoms with E-state index >= 15 is 0 Å². The highest BCUT2D eigenvalue weighted by Crippen LogP contribution is 2.33. The molecule has 11 heteroatoms. The molecule has 0 radical (unpaired) electrons. The van der Waals surface area contributed by atoms with Crippen LogP contribution in [0.15, 0.2) is 28.9 Å². The molecule has 2 fully saturated rings. The molecule has 2 atom stereocenters. The fourth-order valence-corrected chi connectivity index (χ4v) is 4.00. The average molecular weight is 445 g/mol. The second kappa shape index (κ2) is 8.85. The summed E-state index contributed by atoms with van der Waals surface area (Å²) in [5.74, 6) is -1.92. The Balaban J connectivity index is 1.37. The van der Waals surface area contributed by atoms with Crippen LogP contribution in [0.3, 0.4) is 0 Å². The Morgan fingerprint density at radius 2 is 2.03 bits per heavy atom. The number of nitrogen functional groups attached to an aromatic ring is 1. The van der Waals surface area contributed by atoms with Crippen molar-refractivity contribution in [3.63, 3.8) is 0 Å². The number of ether oxygens (including phenoxy) is 1. The van der Waals surface area contributed by atoms with E-state index < -0.39 is 23.8 Å². The number of hydrogen-bond donors (Lipinski definition) is 2. The van der Waals surface area contributed by atoms with E-state index in [1.54, 1.807) is 17.0 Å². The molecule has 0 bridgehead atoms. The molecule has 2 aliphatic heterocycles. The maximum Gasteiger partial charge on any atom is 0.313 e.